The molecule has 0 radical (unpaired) electrons. The van der Waals surface area contributed by atoms with E-state index in [0.29, 0.717) is 11.6 Å². The Morgan fingerprint density at radius 1 is 1.50 bits per heavy atom. The molecule has 0 spiro atoms. The highest BCUT2D eigenvalue weighted by Crippen LogP contribution is 2.21. The predicted molar refractivity (Wildman–Crippen MR) is 72.1 cm³/mol. The van der Waals surface area contributed by atoms with Crippen molar-refractivity contribution in [1.29, 1.82) is 5.26 Å². The van der Waals surface area contributed by atoms with Gasteiger partial charge in [0.1, 0.15) is 17.3 Å². The molecule has 8 heteroatoms. The molecule has 0 atom stereocenters. The van der Waals surface area contributed by atoms with E-state index in [-0.39, 0.29) is 12.4 Å². The van der Waals surface area contributed by atoms with Crippen LogP contribution in [0.2, 0.25) is 0 Å². The van der Waals surface area contributed by atoms with Gasteiger partial charge >= 0.3 is 5.82 Å². The molecule has 1 aromatic heterocycles. The SMILES string of the molecule is Cn1c([N+](=O)[O-])cnc1COc1ccc(SC#N)cc1. The van der Waals surface area contributed by atoms with Gasteiger partial charge in [-0.15, -0.1) is 0 Å². The molecule has 0 unspecified atom stereocenters. The Morgan fingerprint density at radius 3 is 2.75 bits per heavy atom. The van der Waals surface area contributed by atoms with Crippen LogP contribution in [0.5, 0.6) is 5.75 Å². The van der Waals surface area contributed by atoms with E-state index in [2.05, 4.69) is 4.98 Å². The van der Waals surface area contributed by atoms with Crippen molar-refractivity contribution in [2.24, 2.45) is 7.05 Å². The molecule has 0 aliphatic carbocycles. The van der Waals surface area contributed by atoms with Gasteiger partial charge < -0.3 is 14.9 Å². The standard InChI is InChI=1S/C12H10N4O3S/c1-15-11(14-6-12(15)16(17)18)7-19-9-2-4-10(5-3-9)20-8-13/h2-6H,7H2,1H3. The van der Waals surface area contributed by atoms with Crippen LogP contribution >= 0.6 is 11.8 Å². The molecular formula is C12H10N4O3S. The van der Waals surface area contributed by atoms with Gasteiger partial charge in [-0.05, 0) is 41.0 Å². The fourth-order valence-corrected chi connectivity index (χ4v) is 1.92. The van der Waals surface area contributed by atoms with Gasteiger partial charge in [-0.25, -0.2) is 9.55 Å². The summed E-state index contributed by atoms with van der Waals surface area (Å²) in [5.41, 5.74) is 0. The van der Waals surface area contributed by atoms with Gasteiger partial charge in [-0.3, -0.25) is 0 Å². The van der Waals surface area contributed by atoms with Crippen LogP contribution in [0.3, 0.4) is 0 Å². The van der Waals surface area contributed by atoms with E-state index in [4.69, 9.17) is 10.00 Å². The maximum absolute atomic E-state index is 10.7. The number of rotatable bonds is 5. The molecule has 0 bridgehead atoms. The molecule has 0 saturated heterocycles. The molecule has 102 valence electrons. The van der Waals surface area contributed by atoms with Gasteiger partial charge in [-0.1, -0.05) is 0 Å². The Labute approximate surface area is 119 Å². The number of ether oxygens (including phenoxy) is 1. The lowest BCUT2D eigenvalue weighted by molar-refractivity contribution is -0.391. The Balaban J connectivity index is 2.02. The number of nitro groups is 1. The first-order valence-corrected chi connectivity index (χ1v) is 6.37. The minimum absolute atomic E-state index is 0.0793. The zero-order valence-electron chi connectivity index (χ0n) is 10.5. The maximum atomic E-state index is 10.7. The summed E-state index contributed by atoms with van der Waals surface area (Å²) in [7, 11) is 1.57. The van der Waals surface area contributed by atoms with E-state index < -0.39 is 4.92 Å². The Morgan fingerprint density at radius 2 is 2.20 bits per heavy atom. The highest BCUT2D eigenvalue weighted by Gasteiger charge is 2.16. The van der Waals surface area contributed by atoms with E-state index in [0.717, 1.165) is 16.7 Å². The monoisotopic (exact) mass is 290 g/mol. The third-order valence-corrected chi connectivity index (χ3v) is 3.20. The molecule has 1 heterocycles. The molecule has 2 aromatic rings. The summed E-state index contributed by atoms with van der Waals surface area (Å²) in [5, 5.41) is 21.2. The molecule has 0 amide bonds. The molecule has 0 aliphatic rings. The lowest BCUT2D eigenvalue weighted by atomic mass is 10.3. The number of imidazole rings is 1. The van der Waals surface area contributed by atoms with E-state index in [1.54, 1.807) is 31.3 Å². The number of hydrogen-bond acceptors (Lipinski definition) is 6. The van der Waals surface area contributed by atoms with Crippen LogP contribution in [-0.2, 0) is 13.7 Å². The second-order valence-electron chi connectivity index (χ2n) is 3.80. The van der Waals surface area contributed by atoms with E-state index in [1.807, 2.05) is 5.40 Å². The van der Waals surface area contributed by atoms with Crippen molar-refractivity contribution >= 4 is 17.6 Å². The van der Waals surface area contributed by atoms with Crippen molar-refractivity contribution < 1.29 is 9.66 Å². The van der Waals surface area contributed by atoms with Gasteiger partial charge in [-0.2, -0.15) is 5.26 Å². The molecule has 2 rings (SSSR count). The van der Waals surface area contributed by atoms with Gasteiger partial charge in [0.25, 0.3) is 0 Å². The van der Waals surface area contributed by atoms with Gasteiger partial charge in [0.05, 0.1) is 7.05 Å². The average molecular weight is 290 g/mol. The van der Waals surface area contributed by atoms with Crippen molar-refractivity contribution in [3.05, 3.63) is 46.4 Å². The summed E-state index contributed by atoms with van der Waals surface area (Å²) >= 11 is 1.07. The quantitative estimate of drug-likeness (QED) is 0.363. The topological polar surface area (TPSA) is 94.0 Å². The number of nitriles is 1. The molecule has 1 aromatic carbocycles. The van der Waals surface area contributed by atoms with Gasteiger partial charge in [0, 0.05) is 4.90 Å². The van der Waals surface area contributed by atoms with Gasteiger partial charge in [0.2, 0.25) is 5.82 Å². The summed E-state index contributed by atoms with van der Waals surface area (Å²) < 4.78 is 6.88. The second kappa shape index (κ2) is 6.08. The third kappa shape index (κ3) is 3.07. The summed E-state index contributed by atoms with van der Waals surface area (Å²) in [4.78, 5) is 15.0. The molecule has 0 aliphatic heterocycles. The van der Waals surface area contributed by atoms with Crippen LogP contribution in [0.4, 0.5) is 5.82 Å². The zero-order chi connectivity index (χ0) is 14.5. The second-order valence-corrected chi connectivity index (χ2v) is 4.66. The lowest BCUT2D eigenvalue weighted by Gasteiger charge is -2.04. The van der Waals surface area contributed by atoms with E-state index >= 15 is 0 Å². The van der Waals surface area contributed by atoms with Gasteiger partial charge in [0.15, 0.2) is 6.61 Å². The zero-order valence-corrected chi connectivity index (χ0v) is 11.3. The van der Waals surface area contributed by atoms with Crippen molar-refractivity contribution in [3.63, 3.8) is 0 Å². The normalized spacial score (nSPS) is 10.0. The fourth-order valence-electron chi connectivity index (χ4n) is 1.55. The lowest BCUT2D eigenvalue weighted by Crippen LogP contribution is -2.05. The fraction of sp³-hybridized carbons (Fsp3) is 0.167. The highest BCUT2D eigenvalue weighted by molar-refractivity contribution is 8.03. The minimum atomic E-state index is -0.496. The molecule has 20 heavy (non-hydrogen) atoms. The molecule has 0 saturated carbocycles. The first kappa shape index (κ1) is 13.9. The predicted octanol–water partition coefficient (Wildman–Crippen LogP) is 2.48. The van der Waals surface area contributed by atoms with Crippen molar-refractivity contribution in [2.75, 3.05) is 0 Å². The Hall–Kier alpha value is -2.53. The number of hydrogen-bond donors (Lipinski definition) is 0. The van der Waals surface area contributed by atoms with Crippen LogP contribution in [0, 0.1) is 20.8 Å². The summed E-state index contributed by atoms with van der Waals surface area (Å²) in [5.74, 6) is 0.995. The third-order valence-electron chi connectivity index (χ3n) is 2.60. The van der Waals surface area contributed by atoms with Crippen LogP contribution in [0.15, 0.2) is 35.4 Å². The highest BCUT2D eigenvalue weighted by atomic mass is 32.2. The van der Waals surface area contributed by atoms with Crippen LogP contribution < -0.4 is 4.74 Å². The summed E-state index contributed by atoms with van der Waals surface area (Å²) in [6, 6.07) is 7.00. The maximum Gasteiger partial charge on any atom is 0.342 e. The first-order chi connectivity index (χ1) is 9.61. The Kier molecular flexibility index (Phi) is 4.22. The number of thioether (sulfide) groups is 1. The minimum Gasteiger partial charge on any atom is -0.483 e. The van der Waals surface area contributed by atoms with Crippen molar-refractivity contribution in [3.8, 4) is 11.2 Å². The molecule has 0 N–H and O–H groups in total. The van der Waals surface area contributed by atoms with E-state index in [1.165, 1.54) is 10.8 Å². The number of aromatic nitrogens is 2. The van der Waals surface area contributed by atoms with Crippen LogP contribution in [0.1, 0.15) is 5.82 Å². The largest absolute Gasteiger partial charge is 0.483 e. The summed E-state index contributed by atoms with van der Waals surface area (Å²) in [6.45, 7) is 0.134. The van der Waals surface area contributed by atoms with Crippen molar-refractivity contribution in [2.45, 2.75) is 11.5 Å². The van der Waals surface area contributed by atoms with Crippen LogP contribution in [0.25, 0.3) is 0 Å². The molecular weight excluding hydrogens is 280 g/mol. The molecule has 0 fully saturated rings. The number of benzene rings is 1. The Bertz CT molecular complexity index is 660. The summed E-state index contributed by atoms with van der Waals surface area (Å²) in [6.07, 6.45) is 1.20. The first-order valence-electron chi connectivity index (χ1n) is 5.55. The number of nitrogens with zero attached hydrogens (tertiary/aromatic N) is 4. The smallest absolute Gasteiger partial charge is 0.342 e. The molecule has 7 nitrogen and oxygen atoms in total. The van der Waals surface area contributed by atoms with Crippen LogP contribution in [-0.4, -0.2) is 14.5 Å². The number of thiocyanates is 1. The van der Waals surface area contributed by atoms with Crippen molar-refractivity contribution in [1.82, 2.24) is 9.55 Å². The average Bonchev–Trinajstić information content (AvgIpc) is 2.80. The van der Waals surface area contributed by atoms with E-state index in [9.17, 15) is 10.1 Å².